The Labute approximate surface area is 124 Å². The fourth-order valence-electron chi connectivity index (χ4n) is 2.27. The van der Waals surface area contributed by atoms with Crippen LogP contribution in [0.3, 0.4) is 0 Å². The van der Waals surface area contributed by atoms with Gasteiger partial charge in [0.2, 0.25) is 5.91 Å². The van der Waals surface area contributed by atoms with Crippen LogP contribution in [0.2, 0.25) is 5.02 Å². The molecule has 4 nitrogen and oxygen atoms in total. The number of nitrogens with zero attached hydrogens (tertiary/aromatic N) is 1. The zero-order chi connectivity index (χ0) is 14.4. The van der Waals surface area contributed by atoms with Crippen molar-refractivity contribution in [1.29, 1.82) is 0 Å². The number of amides is 1. The van der Waals surface area contributed by atoms with E-state index in [0.29, 0.717) is 36.4 Å². The smallest absolute Gasteiger partial charge is 0.226 e. The van der Waals surface area contributed by atoms with Crippen molar-refractivity contribution in [1.82, 2.24) is 4.90 Å². The van der Waals surface area contributed by atoms with Crippen LogP contribution < -0.4 is 4.74 Å². The summed E-state index contributed by atoms with van der Waals surface area (Å²) in [6, 6.07) is 7.51. The number of benzene rings is 1. The number of ether oxygens (including phenoxy) is 1. The van der Waals surface area contributed by atoms with E-state index in [2.05, 4.69) is 0 Å². The van der Waals surface area contributed by atoms with Crippen molar-refractivity contribution in [2.24, 2.45) is 0 Å². The zero-order valence-electron chi connectivity index (χ0n) is 11.4. The largest absolute Gasteiger partial charge is 0.491 e. The first-order chi connectivity index (χ1) is 9.72. The average Bonchev–Trinajstić information content (AvgIpc) is 2.38. The van der Waals surface area contributed by atoms with Crippen LogP contribution in [0.25, 0.3) is 0 Å². The van der Waals surface area contributed by atoms with Gasteiger partial charge in [0.25, 0.3) is 0 Å². The van der Waals surface area contributed by atoms with Gasteiger partial charge in [0.15, 0.2) is 0 Å². The third-order valence-corrected chi connectivity index (χ3v) is 3.90. The summed E-state index contributed by atoms with van der Waals surface area (Å²) in [4.78, 5) is 13.9. The molecule has 0 saturated heterocycles. The van der Waals surface area contributed by atoms with Gasteiger partial charge in [-0.3, -0.25) is 4.79 Å². The SMILES string of the molecule is O=C(CCOc1ccccc1Cl)N(CCO)C1CCC1. The van der Waals surface area contributed by atoms with Crippen LogP contribution in [0.15, 0.2) is 24.3 Å². The molecule has 20 heavy (non-hydrogen) atoms. The van der Waals surface area contributed by atoms with Gasteiger partial charge in [0.05, 0.1) is 24.7 Å². The Morgan fingerprint density at radius 3 is 2.75 bits per heavy atom. The molecule has 0 aromatic heterocycles. The lowest BCUT2D eigenvalue weighted by Gasteiger charge is -2.37. The topological polar surface area (TPSA) is 49.8 Å². The van der Waals surface area contributed by atoms with Crippen molar-refractivity contribution in [2.75, 3.05) is 19.8 Å². The maximum absolute atomic E-state index is 12.1. The molecular weight excluding hydrogens is 278 g/mol. The summed E-state index contributed by atoms with van der Waals surface area (Å²) in [7, 11) is 0. The van der Waals surface area contributed by atoms with Gasteiger partial charge in [-0.2, -0.15) is 0 Å². The van der Waals surface area contributed by atoms with Crippen molar-refractivity contribution < 1.29 is 14.6 Å². The molecule has 1 aromatic rings. The van der Waals surface area contributed by atoms with Gasteiger partial charge in [-0.1, -0.05) is 23.7 Å². The van der Waals surface area contributed by atoms with E-state index in [1.54, 1.807) is 17.0 Å². The maximum Gasteiger partial charge on any atom is 0.226 e. The van der Waals surface area contributed by atoms with Gasteiger partial charge >= 0.3 is 0 Å². The summed E-state index contributed by atoms with van der Waals surface area (Å²) in [5.74, 6) is 0.634. The van der Waals surface area contributed by atoms with E-state index in [9.17, 15) is 4.79 Å². The molecular formula is C15H20ClNO3. The number of aliphatic hydroxyl groups excluding tert-OH is 1. The van der Waals surface area contributed by atoms with Crippen molar-refractivity contribution >= 4 is 17.5 Å². The molecule has 0 radical (unpaired) electrons. The number of carbonyl (C=O) groups is 1. The number of hydrogen-bond acceptors (Lipinski definition) is 3. The van der Waals surface area contributed by atoms with Gasteiger partial charge in [-0.05, 0) is 31.4 Å². The minimum Gasteiger partial charge on any atom is -0.491 e. The minimum absolute atomic E-state index is 0.00755. The van der Waals surface area contributed by atoms with Crippen LogP contribution in [-0.2, 0) is 4.79 Å². The lowest BCUT2D eigenvalue weighted by molar-refractivity contribution is -0.136. The molecule has 0 spiro atoms. The second-order valence-corrected chi connectivity index (χ2v) is 5.33. The normalized spacial score (nSPS) is 14.7. The molecule has 0 atom stereocenters. The van der Waals surface area contributed by atoms with Crippen LogP contribution >= 0.6 is 11.6 Å². The highest BCUT2D eigenvalue weighted by Crippen LogP contribution is 2.26. The molecule has 1 aliphatic carbocycles. The summed E-state index contributed by atoms with van der Waals surface area (Å²) < 4.78 is 5.53. The molecule has 5 heteroatoms. The molecule has 1 aromatic carbocycles. The molecule has 2 rings (SSSR count). The van der Waals surface area contributed by atoms with E-state index in [0.717, 1.165) is 19.3 Å². The van der Waals surface area contributed by atoms with Gasteiger partial charge < -0.3 is 14.7 Å². The van der Waals surface area contributed by atoms with Crippen LogP contribution in [0.4, 0.5) is 0 Å². The number of carbonyl (C=O) groups excluding carboxylic acids is 1. The lowest BCUT2D eigenvalue weighted by Crippen LogP contribution is -2.46. The second-order valence-electron chi connectivity index (χ2n) is 4.92. The predicted molar refractivity (Wildman–Crippen MR) is 78.0 cm³/mol. The number of hydrogen-bond donors (Lipinski definition) is 1. The summed E-state index contributed by atoms with van der Waals surface area (Å²) >= 11 is 5.98. The standard InChI is InChI=1S/C15H20ClNO3/c16-13-6-1-2-7-14(13)20-11-8-15(19)17(9-10-18)12-4-3-5-12/h1-2,6-7,12,18H,3-5,8-11H2. The van der Waals surface area contributed by atoms with Gasteiger partial charge in [0, 0.05) is 12.6 Å². The summed E-state index contributed by atoms with van der Waals surface area (Å²) in [6.07, 6.45) is 3.55. The summed E-state index contributed by atoms with van der Waals surface area (Å²) in [6.45, 7) is 0.723. The van der Waals surface area contributed by atoms with Crippen LogP contribution in [0, 0.1) is 0 Å². The van der Waals surface area contributed by atoms with E-state index in [1.165, 1.54) is 0 Å². The molecule has 1 fully saturated rings. The zero-order valence-corrected chi connectivity index (χ0v) is 12.2. The molecule has 1 aliphatic rings. The Kier molecular flexibility index (Phi) is 5.68. The number of halogens is 1. The Bertz CT molecular complexity index is 448. The fraction of sp³-hybridized carbons (Fsp3) is 0.533. The summed E-state index contributed by atoms with van der Waals surface area (Å²) in [5.41, 5.74) is 0. The monoisotopic (exact) mass is 297 g/mol. The first-order valence-corrected chi connectivity index (χ1v) is 7.38. The third-order valence-electron chi connectivity index (χ3n) is 3.59. The Morgan fingerprint density at radius 2 is 2.15 bits per heavy atom. The van der Waals surface area contributed by atoms with E-state index >= 15 is 0 Å². The van der Waals surface area contributed by atoms with Gasteiger partial charge in [-0.25, -0.2) is 0 Å². The molecule has 110 valence electrons. The molecule has 1 saturated carbocycles. The van der Waals surface area contributed by atoms with Crippen LogP contribution in [0.5, 0.6) is 5.75 Å². The first kappa shape index (κ1) is 15.1. The molecule has 0 unspecified atom stereocenters. The van der Waals surface area contributed by atoms with Gasteiger partial charge in [0.1, 0.15) is 5.75 Å². The fourth-order valence-corrected chi connectivity index (χ4v) is 2.46. The third kappa shape index (κ3) is 3.87. The van der Waals surface area contributed by atoms with Gasteiger partial charge in [-0.15, -0.1) is 0 Å². The number of para-hydroxylation sites is 1. The van der Waals surface area contributed by atoms with Crippen LogP contribution in [0.1, 0.15) is 25.7 Å². The molecule has 0 bridgehead atoms. The Morgan fingerprint density at radius 1 is 1.40 bits per heavy atom. The molecule has 1 amide bonds. The van der Waals surface area contributed by atoms with Crippen molar-refractivity contribution in [3.8, 4) is 5.75 Å². The predicted octanol–water partition coefficient (Wildman–Crippen LogP) is 2.48. The van der Waals surface area contributed by atoms with E-state index in [1.807, 2.05) is 12.1 Å². The van der Waals surface area contributed by atoms with E-state index in [4.69, 9.17) is 21.4 Å². The highest BCUT2D eigenvalue weighted by Gasteiger charge is 2.27. The molecule has 1 N–H and O–H groups in total. The number of rotatable bonds is 7. The average molecular weight is 298 g/mol. The highest BCUT2D eigenvalue weighted by atomic mass is 35.5. The van der Waals surface area contributed by atoms with Crippen molar-refractivity contribution in [3.05, 3.63) is 29.3 Å². The Hall–Kier alpha value is -1.26. The second kappa shape index (κ2) is 7.50. The Balaban J connectivity index is 1.80. The van der Waals surface area contributed by atoms with Crippen molar-refractivity contribution in [3.63, 3.8) is 0 Å². The minimum atomic E-state index is 0.00755. The molecule has 0 aliphatic heterocycles. The van der Waals surface area contributed by atoms with E-state index < -0.39 is 0 Å². The van der Waals surface area contributed by atoms with Crippen LogP contribution in [-0.4, -0.2) is 41.7 Å². The summed E-state index contributed by atoms with van der Waals surface area (Å²) in [5, 5.41) is 9.60. The van der Waals surface area contributed by atoms with Crippen molar-refractivity contribution in [2.45, 2.75) is 31.7 Å². The maximum atomic E-state index is 12.1. The molecule has 0 heterocycles. The first-order valence-electron chi connectivity index (χ1n) is 7.00. The van der Waals surface area contributed by atoms with E-state index in [-0.39, 0.29) is 12.5 Å². The quantitative estimate of drug-likeness (QED) is 0.841. The lowest BCUT2D eigenvalue weighted by atomic mass is 9.91. The highest BCUT2D eigenvalue weighted by molar-refractivity contribution is 6.32. The number of aliphatic hydroxyl groups is 1.